The first kappa shape index (κ1) is 20.1. The first-order chi connectivity index (χ1) is 13.7. The van der Waals surface area contributed by atoms with Crippen LogP contribution in [0.15, 0.2) is 36.2 Å². The minimum absolute atomic E-state index is 0.0212. The summed E-state index contributed by atoms with van der Waals surface area (Å²) in [7, 11) is 0. The number of rotatable bonds is 5. The molecule has 0 spiro atoms. The molecule has 1 aromatic rings. The van der Waals surface area contributed by atoms with E-state index >= 15 is 0 Å². The van der Waals surface area contributed by atoms with Crippen LogP contribution in [-0.4, -0.2) is 36.3 Å². The summed E-state index contributed by atoms with van der Waals surface area (Å²) >= 11 is 0. The van der Waals surface area contributed by atoms with E-state index in [0.29, 0.717) is 36.0 Å². The van der Waals surface area contributed by atoms with Crippen molar-refractivity contribution in [1.82, 2.24) is 10.3 Å². The predicted octanol–water partition coefficient (Wildman–Crippen LogP) is 4.13. The Hall–Kier alpha value is -2.21. The number of pyridine rings is 1. The van der Waals surface area contributed by atoms with Gasteiger partial charge in [0, 0.05) is 37.6 Å². The van der Waals surface area contributed by atoms with Crippen molar-refractivity contribution in [3.8, 4) is 0 Å². The summed E-state index contributed by atoms with van der Waals surface area (Å²) in [4.78, 5) is 17.3. The Morgan fingerprint density at radius 3 is 2.79 bits per heavy atom. The van der Waals surface area contributed by atoms with Gasteiger partial charge in [0.05, 0.1) is 5.56 Å². The van der Waals surface area contributed by atoms with Crippen molar-refractivity contribution in [1.29, 1.82) is 0 Å². The largest absolute Gasteiger partial charge is 0.381 e. The third-order valence-corrected chi connectivity index (χ3v) is 6.01. The SMILES string of the molecule is CC(C)(C)c1cc(NC2=CC3(F)CC3C=C2)ncc1C(=O)NCC1CCOCC1. The molecule has 2 N–H and O–H groups in total. The van der Waals surface area contributed by atoms with Crippen LogP contribution in [0.25, 0.3) is 0 Å². The van der Waals surface area contributed by atoms with Crippen molar-refractivity contribution >= 4 is 11.7 Å². The summed E-state index contributed by atoms with van der Waals surface area (Å²) in [5, 5.41) is 6.27. The second kappa shape index (κ2) is 7.56. The molecule has 1 aromatic heterocycles. The normalized spacial score (nSPS) is 26.5. The van der Waals surface area contributed by atoms with Crippen molar-refractivity contribution in [2.45, 2.75) is 51.1 Å². The quantitative estimate of drug-likeness (QED) is 0.782. The van der Waals surface area contributed by atoms with Crippen molar-refractivity contribution in [2.24, 2.45) is 11.8 Å². The van der Waals surface area contributed by atoms with Gasteiger partial charge in [-0.15, -0.1) is 0 Å². The summed E-state index contributed by atoms with van der Waals surface area (Å²) < 4.78 is 19.7. The molecule has 0 radical (unpaired) electrons. The summed E-state index contributed by atoms with van der Waals surface area (Å²) in [6, 6.07) is 1.90. The van der Waals surface area contributed by atoms with Gasteiger partial charge in [-0.3, -0.25) is 4.79 Å². The van der Waals surface area contributed by atoms with Crippen LogP contribution in [0, 0.1) is 11.8 Å². The highest BCUT2D eigenvalue weighted by Crippen LogP contribution is 2.52. The van der Waals surface area contributed by atoms with E-state index in [9.17, 15) is 9.18 Å². The minimum atomic E-state index is -1.20. The van der Waals surface area contributed by atoms with E-state index in [0.717, 1.165) is 31.6 Å². The molecule has 2 unspecified atom stereocenters. The highest BCUT2D eigenvalue weighted by atomic mass is 19.1. The number of nitrogens with one attached hydrogen (secondary N) is 2. The Labute approximate surface area is 171 Å². The van der Waals surface area contributed by atoms with E-state index in [-0.39, 0.29) is 17.2 Å². The number of ether oxygens (including phenoxy) is 1. The van der Waals surface area contributed by atoms with Crippen molar-refractivity contribution in [2.75, 3.05) is 25.1 Å². The molecule has 29 heavy (non-hydrogen) atoms. The number of carbonyl (C=O) groups is 1. The fourth-order valence-electron chi connectivity index (χ4n) is 4.03. The van der Waals surface area contributed by atoms with Crippen LogP contribution in [-0.2, 0) is 10.2 Å². The molecule has 1 saturated heterocycles. The molecule has 6 heteroatoms. The maximum atomic E-state index is 14.3. The highest BCUT2D eigenvalue weighted by molar-refractivity contribution is 5.96. The number of halogens is 1. The van der Waals surface area contributed by atoms with Crippen LogP contribution in [0.2, 0.25) is 0 Å². The fraction of sp³-hybridized carbons (Fsp3) is 0.565. The Kier molecular flexibility index (Phi) is 5.23. The monoisotopic (exact) mass is 399 g/mol. The zero-order valence-electron chi connectivity index (χ0n) is 17.4. The number of fused-ring (bicyclic) bond motifs is 1. The number of carbonyl (C=O) groups excluding carboxylic acids is 1. The van der Waals surface area contributed by atoms with Gasteiger partial charge >= 0.3 is 0 Å². The van der Waals surface area contributed by atoms with Gasteiger partial charge in [-0.2, -0.15) is 0 Å². The maximum Gasteiger partial charge on any atom is 0.253 e. The standard InChI is InChI=1S/C23H30FN3O2/c1-22(2,3)19-10-20(27-17-5-4-16-11-23(16,24)12-17)25-14-18(19)21(28)26-13-15-6-8-29-9-7-15/h4-5,10,12,14-16H,6-9,11,13H2,1-3H3,(H,25,27)(H,26,28). The van der Waals surface area contributed by atoms with Gasteiger partial charge < -0.3 is 15.4 Å². The summed E-state index contributed by atoms with van der Waals surface area (Å²) in [6.07, 6.45) is 9.60. The Balaban J connectivity index is 1.49. The molecular formula is C23H30FN3O2. The first-order valence-electron chi connectivity index (χ1n) is 10.5. The zero-order valence-corrected chi connectivity index (χ0v) is 17.4. The summed E-state index contributed by atoms with van der Waals surface area (Å²) in [5.74, 6) is 1.01. The number of alkyl halides is 1. The fourth-order valence-corrected chi connectivity index (χ4v) is 4.03. The third kappa shape index (κ3) is 4.53. The van der Waals surface area contributed by atoms with E-state index < -0.39 is 5.67 Å². The number of nitrogens with zero attached hydrogens (tertiary/aromatic N) is 1. The number of hydrogen-bond acceptors (Lipinski definition) is 4. The van der Waals surface area contributed by atoms with Crippen LogP contribution in [0.1, 0.15) is 56.0 Å². The first-order valence-corrected chi connectivity index (χ1v) is 10.5. The van der Waals surface area contributed by atoms with Crippen LogP contribution >= 0.6 is 0 Å². The summed E-state index contributed by atoms with van der Waals surface area (Å²) in [5.41, 5.74) is 0.787. The van der Waals surface area contributed by atoms with Gasteiger partial charge in [-0.1, -0.05) is 26.8 Å². The molecule has 4 rings (SSSR count). The third-order valence-electron chi connectivity index (χ3n) is 6.01. The van der Waals surface area contributed by atoms with Crippen LogP contribution in [0.5, 0.6) is 0 Å². The van der Waals surface area contributed by atoms with E-state index in [1.807, 2.05) is 18.2 Å². The van der Waals surface area contributed by atoms with Gasteiger partial charge in [-0.25, -0.2) is 9.37 Å². The maximum absolute atomic E-state index is 14.3. The lowest BCUT2D eigenvalue weighted by atomic mass is 9.84. The zero-order chi connectivity index (χ0) is 20.6. The molecule has 1 saturated carbocycles. The van der Waals surface area contributed by atoms with E-state index in [1.54, 1.807) is 12.3 Å². The lowest BCUT2D eigenvalue weighted by Gasteiger charge is -2.25. The number of amides is 1. The lowest BCUT2D eigenvalue weighted by molar-refractivity contribution is 0.0642. The topological polar surface area (TPSA) is 63.2 Å². The van der Waals surface area contributed by atoms with Crippen LogP contribution in [0.4, 0.5) is 10.2 Å². The molecule has 3 aliphatic rings. The number of anilines is 1. The molecule has 2 atom stereocenters. The second-order valence-corrected chi connectivity index (χ2v) is 9.45. The minimum Gasteiger partial charge on any atom is -0.381 e. The number of aromatic nitrogens is 1. The average Bonchev–Trinajstić information content (AvgIpc) is 3.36. The van der Waals surface area contributed by atoms with Crippen molar-refractivity contribution in [3.05, 3.63) is 47.3 Å². The van der Waals surface area contributed by atoms with Crippen molar-refractivity contribution in [3.63, 3.8) is 0 Å². The summed E-state index contributed by atoms with van der Waals surface area (Å²) in [6.45, 7) is 8.41. The Morgan fingerprint density at radius 1 is 1.34 bits per heavy atom. The van der Waals surface area contributed by atoms with Gasteiger partial charge in [-0.05, 0) is 54.4 Å². The molecule has 2 fully saturated rings. The number of allylic oxidation sites excluding steroid dienone is 3. The second-order valence-electron chi connectivity index (χ2n) is 9.45. The lowest BCUT2D eigenvalue weighted by Crippen LogP contribution is -2.33. The molecular weight excluding hydrogens is 369 g/mol. The molecule has 156 valence electrons. The van der Waals surface area contributed by atoms with E-state index in [4.69, 9.17) is 4.74 Å². The smallest absolute Gasteiger partial charge is 0.253 e. The molecule has 2 heterocycles. The van der Waals surface area contributed by atoms with Gasteiger partial charge in [0.25, 0.3) is 5.91 Å². The highest BCUT2D eigenvalue weighted by Gasteiger charge is 2.53. The molecule has 1 amide bonds. The molecule has 5 nitrogen and oxygen atoms in total. The molecule has 2 aliphatic carbocycles. The van der Waals surface area contributed by atoms with Crippen LogP contribution < -0.4 is 10.6 Å². The van der Waals surface area contributed by atoms with Gasteiger partial charge in [0.2, 0.25) is 0 Å². The Bertz CT molecular complexity index is 852. The molecule has 0 aromatic carbocycles. The Morgan fingerprint density at radius 2 is 2.10 bits per heavy atom. The molecule has 0 bridgehead atoms. The van der Waals surface area contributed by atoms with Crippen molar-refractivity contribution < 1.29 is 13.9 Å². The van der Waals surface area contributed by atoms with E-state index in [2.05, 4.69) is 36.4 Å². The van der Waals surface area contributed by atoms with E-state index in [1.165, 1.54) is 0 Å². The predicted molar refractivity (Wildman–Crippen MR) is 112 cm³/mol. The molecule has 1 aliphatic heterocycles. The number of hydrogen-bond donors (Lipinski definition) is 2. The average molecular weight is 400 g/mol. The van der Waals surface area contributed by atoms with Gasteiger partial charge in [0.15, 0.2) is 0 Å². The van der Waals surface area contributed by atoms with Crippen LogP contribution in [0.3, 0.4) is 0 Å². The van der Waals surface area contributed by atoms with Gasteiger partial charge in [0.1, 0.15) is 11.5 Å².